The Morgan fingerprint density at radius 2 is 1.82 bits per heavy atom. The number of benzene rings is 2. The molecule has 1 aromatic heterocycles. The van der Waals surface area contributed by atoms with Crippen molar-refractivity contribution in [1.29, 1.82) is 0 Å². The van der Waals surface area contributed by atoms with Gasteiger partial charge in [0.15, 0.2) is 11.4 Å². The Hall–Kier alpha value is -2.47. The van der Waals surface area contributed by atoms with Crippen LogP contribution in [0.25, 0.3) is 0 Å². The minimum Gasteiger partial charge on any atom is -0.375 e. The zero-order valence-corrected chi connectivity index (χ0v) is 16.8. The van der Waals surface area contributed by atoms with E-state index in [9.17, 15) is 14.7 Å². The summed E-state index contributed by atoms with van der Waals surface area (Å²) in [5.41, 5.74) is -0.0529. The predicted octanol–water partition coefficient (Wildman–Crippen LogP) is 4.72. The Bertz CT molecular complexity index is 1080. The van der Waals surface area contributed by atoms with Crippen LogP contribution in [0.1, 0.15) is 32.1 Å². The first-order valence-electron chi connectivity index (χ1n) is 8.87. The van der Waals surface area contributed by atoms with Gasteiger partial charge in [0.05, 0.1) is 23.5 Å². The van der Waals surface area contributed by atoms with Gasteiger partial charge in [0.25, 0.3) is 5.91 Å². The molecule has 3 aromatic rings. The number of rotatable bonds is 5. The molecule has 0 aliphatic carbocycles. The summed E-state index contributed by atoms with van der Waals surface area (Å²) in [6.45, 7) is 2.14. The van der Waals surface area contributed by atoms with E-state index in [1.54, 1.807) is 30.3 Å². The van der Waals surface area contributed by atoms with Gasteiger partial charge in [-0.3, -0.25) is 9.59 Å². The predicted molar refractivity (Wildman–Crippen MR) is 111 cm³/mol. The number of hydrogen-bond donors (Lipinski definition) is 1. The van der Waals surface area contributed by atoms with Crippen molar-refractivity contribution in [2.24, 2.45) is 0 Å². The molecule has 0 radical (unpaired) electrons. The molecule has 6 heteroatoms. The molecule has 0 saturated heterocycles. The molecule has 4 nitrogen and oxygen atoms in total. The molecule has 0 saturated carbocycles. The van der Waals surface area contributed by atoms with Crippen molar-refractivity contribution >= 4 is 40.3 Å². The number of aryl methyl sites for hydroxylation is 1. The Kier molecular flexibility index (Phi) is 4.83. The first-order valence-corrected chi connectivity index (χ1v) is 10.1. The van der Waals surface area contributed by atoms with Crippen molar-refractivity contribution < 1.29 is 14.7 Å². The normalized spacial score (nSPS) is 18.4. The van der Waals surface area contributed by atoms with Gasteiger partial charge in [-0.1, -0.05) is 48.0 Å². The Morgan fingerprint density at radius 3 is 2.54 bits per heavy atom. The second-order valence-electron chi connectivity index (χ2n) is 6.87. The van der Waals surface area contributed by atoms with Crippen molar-refractivity contribution in [3.05, 3.63) is 86.6 Å². The summed E-state index contributed by atoms with van der Waals surface area (Å²) < 4.78 is 0. The lowest BCUT2D eigenvalue weighted by Gasteiger charge is -2.23. The van der Waals surface area contributed by atoms with Crippen LogP contribution in [0.3, 0.4) is 0 Å². The number of halogens is 1. The Labute approximate surface area is 172 Å². The summed E-state index contributed by atoms with van der Waals surface area (Å²) in [6.07, 6.45) is -0.290. The van der Waals surface area contributed by atoms with E-state index in [4.69, 9.17) is 11.6 Å². The van der Waals surface area contributed by atoms with Crippen molar-refractivity contribution in [2.75, 3.05) is 4.90 Å². The van der Waals surface area contributed by atoms with Crippen LogP contribution in [0.5, 0.6) is 0 Å². The molecule has 0 bridgehead atoms. The lowest BCUT2D eigenvalue weighted by molar-refractivity contribution is -0.136. The van der Waals surface area contributed by atoms with Gasteiger partial charge in [0.1, 0.15) is 0 Å². The van der Waals surface area contributed by atoms with E-state index in [2.05, 4.69) is 0 Å². The van der Waals surface area contributed by atoms with Crippen molar-refractivity contribution in [3.8, 4) is 0 Å². The fourth-order valence-electron chi connectivity index (χ4n) is 3.54. The van der Waals surface area contributed by atoms with Crippen LogP contribution in [-0.4, -0.2) is 16.8 Å². The van der Waals surface area contributed by atoms with Gasteiger partial charge in [-0.25, -0.2) is 0 Å². The highest BCUT2D eigenvalue weighted by molar-refractivity contribution is 7.14. The van der Waals surface area contributed by atoms with E-state index in [1.807, 2.05) is 37.3 Å². The van der Waals surface area contributed by atoms with Crippen LogP contribution in [0.15, 0.2) is 60.7 Å². The molecule has 0 spiro atoms. The minimum absolute atomic E-state index is 0.226. The third kappa shape index (κ3) is 3.15. The molecule has 0 fully saturated rings. The number of anilines is 1. The highest BCUT2D eigenvalue weighted by Crippen LogP contribution is 2.44. The van der Waals surface area contributed by atoms with E-state index >= 15 is 0 Å². The SMILES string of the molecule is Cc1ccc(C(=O)C[C@]2(O)C(=O)N(Cc3ccccc3Cl)c3ccccc32)s1. The molecule has 1 amide bonds. The van der Waals surface area contributed by atoms with E-state index in [0.717, 1.165) is 10.4 Å². The summed E-state index contributed by atoms with van der Waals surface area (Å²) in [5.74, 6) is -0.751. The molecule has 4 rings (SSSR count). The second kappa shape index (κ2) is 7.17. The second-order valence-corrected chi connectivity index (χ2v) is 8.57. The first-order chi connectivity index (χ1) is 13.4. The van der Waals surface area contributed by atoms with Gasteiger partial charge in [-0.2, -0.15) is 0 Å². The van der Waals surface area contributed by atoms with Crippen LogP contribution < -0.4 is 4.90 Å². The van der Waals surface area contributed by atoms with Gasteiger partial charge >= 0.3 is 0 Å². The Balaban J connectivity index is 1.70. The van der Waals surface area contributed by atoms with Crippen molar-refractivity contribution in [2.45, 2.75) is 25.5 Å². The number of aliphatic hydroxyl groups is 1. The molecular weight excluding hydrogens is 394 g/mol. The first kappa shape index (κ1) is 18.9. The van der Waals surface area contributed by atoms with E-state index < -0.39 is 11.5 Å². The third-order valence-corrected chi connectivity index (χ3v) is 6.37. The van der Waals surface area contributed by atoms with Gasteiger partial charge in [0.2, 0.25) is 0 Å². The van der Waals surface area contributed by atoms with Crippen molar-refractivity contribution in [3.63, 3.8) is 0 Å². The summed E-state index contributed by atoms with van der Waals surface area (Å²) >= 11 is 7.62. The molecule has 0 unspecified atom stereocenters. The molecule has 28 heavy (non-hydrogen) atoms. The van der Waals surface area contributed by atoms with Gasteiger partial charge in [0, 0.05) is 15.5 Å². The van der Waals surface area contributed by atoms with Crippen LogP contribution in [0.2, 0.25) is 5.02 Å². The van der Waals surface area contributed by atoms with Gasteiger partial charge in [-0.15, -0.1) is 11.3 Å². The third-order valence-electron chi connectivity index (χ3n) is 4.96. The smallest absolute Gasteiger partial charge is 0.264 e. The molecule has 1 N–H and O–H groups in total. The number of fused-ring (bicyclic) bond motifs is 1. The number of carbonyl (C=O) groups is 2. The maximum absolute atomic E-state index is 13.3. The maximum atomic E-state index is 13.3. The topological polar surface area (TPSA) is 57.6 Å². The van der Waals surface area contributed by atoms with Gasteiger partial charge in [-0.05, 0) is 36.8 Å². The highest BCUT2D eigenvalue weighted by atomic mass is 35.5. The van der Waals surface area contributed by atoms with Crippen LogP contribution in [-0.2, 0) is 16.9 Å². The number of amides is 1. The summed E-state index contributed by atoms with van der Waals surface area (Å²) in [6, 6.07) is 17.9. The number of carbonyl (C=O) groups excluding carboxylic acids is 2. The molecule has 2 heterocycles. The molecule has 2 aromatic carbocycles. The molecular formula is C22H18ClNO3S. The molecule has 142 valence electrons. The van der Waals surface area contributed by atoms with Crippen LogP contribution >= 0.6 is 22.9 Å². The summed E-state index contributed by atoms with van der Waals surface area (Å²) in [7, 11) is 0. The number of ketones is 1. The number of nitrogens with zero attached hydrogens (tertiary/aromatic N) is 1. The minimum atomic E-state index is -1.88. The lowest BCUT2D eigenvalue weighted by Crippen LogP contribution is -2.41. The standard InChI is InChI=1S/C22H18ClNO3S/c1-14-10-11-20(28-14)19(25)12-22(27)16-7-3-5-9-18(16)24(21(22)26)13-15-6-2-4-8-17(15)23/h2-11,27H,12-13H2,1H3/t22-/m1/s1. The average Bonchev–Trinajstić information content (AvgIpc) is 3.20. The molecule has 1 atom stereocenters. The number of Topliss-reactive ketones (excluding diaryl/α,β-unsaturated/α-hetero) is 1. The average molecular weight is 412 g/mol. The molecule has 1 aliphatic heterocycles. The van der Waals surface area contributed by atoms with E-state index in [0.29, 0.717) is 21.2 Å². The zero-order valence-electron chi connectivity index (χ0n) is 15.2. The van der Waals surface area contributed by atoms with Gasteiger partial charge < -0.3 is 10.0 Å². The number of hydrogen-bond acceptors (Lipinski definition) is 4. The monoisotopic (exact) mass is 411 g/mol. The van der Waals surface area contributed by atoms with E-state index in [1.165, 1.54) is 16.2 Å². The summed E-state index contributed by atoms with van der Waals surface area (Å²) in [5, 5.41) is 11.9. The fourth-order valence-corrected chi connectivity index (χ4v) is 4.54. The quantitative estimate of drug-likeness (QED) is 0.618. The fraction of sp³-hybridized carbons (Fsp3) is 0.182. The largest absolute Gasteiger partial charge is 0.375 e. The summed E-state index contributed by atoms with van der Waals surface area (Å²) in [4.78, 5) is 29.1. The van der Waals surface area contributed by atoms with Crippen LogP contribution in [0.4, 0.5) is 5.69 Å². The zero-order chi connectivity index (χ0) is 19.9. The molecule has 1 aliphatic rings. The Morgan fingerprint density at radius 1 is 1.11 bits per heavy atom. The number of thiophene rings is 1. The lowest BCUT2D eigenvalue weighted by atomic mass is 9.89. The maximum Gasteiger partial charge on any atom is 0.264 e. The van der Waals surface area contributed by atoms with E-state index in [-0.39, 0.29) is 18.7 Å². The van der Waals surface area contributed by atoms with Crippen molar-refractivity contribution in [1.82, 2.24) is 0 Å². The number of para-hydroxylation sites is 1. The van der Waals surface area contributed by atoms with Crippen LogP contribution in [0, 0.1) is 6.92 Å². The highest BCUT2D eigenvalue weighted by Gasteiger charge is 2.50.